The summed E-state index contributed by atoms with van der Waals surface area (Å²) in [6, 6.07) is 10.3. The van der Waals surface area contributed by atoms with Crippen molar-refractivity contribution in [2.75, 3.05) is 20.3 Å². The molecule has 0 bridgehead atoms. The molecule has 0 radical (unpaired) electrons. The van der Waals surface area contributed by atoms with E-state index in [0.717, 1.165) is 6.54 Å². The fourth-order valence-corrected chi connectivity index (χ4v) is 1.92. The zero-order valence-electron chi connectivity index (χ0n) is 11.1. The largest absolute Gasteiger partial charge is 0.383 e. The number of hydrogen-bond donors (Lipinski definition) is 2. The molecule has 0 heterocycles. The summed E-state index contributed by atoms with van der Waals surface area (Å²) in [4.78, 5) is 0. The first-order valence-corrected chi connectivity index (χ1v) is 6.12. The van der Waals surface area contributed by atoms with Crippen molar-refractivity contribution in [2.24, 2.45) is 11.7 Å². The van der Waals surface area contributed by atoms with Crippen molar-refractivity contribution in [2.45, 2.75) is 25.9 Å². The average molecular weight is 236 g/mol. The minimum Gasteiger partial charge on any atom is -0.383 e. The van der Waals surface area contributed by atoms with E-state index in [1.54, 1.807) is 7.11 Å². The first-order chi connectivity index (χ1) is 8.14. The second kappa shape index (κ2) is 6.74. The van der Waals surface area contributed by atoms with Gasteiger partial charge in [-0.3, -0.25) is 0 Å². The summed E-state index contributed by atoms with van der Waals surface area (Å²) in [6.45, 7) is 6.37. The summed E-state index contributed by atoms with van der Waals surface area (Å²) >= 11 is 0. The van der Waals surface area contributed by atoms with Gasteiger partial charge in [-0.15, -0.1) is 0 Å². The van der Waals surface area contributed by atoms with Gasteiger partial charge in [-0.05, 0) is 11.5 Å². The molecular formula is C14H24N2O. The Morgan fingerprint density at radius 3 is 2.41 bits per heavy atom. The van der Waals surface area contributed by atoms with Gasteiger partial charge in [0.25, 0.3) is 0 Å². The van der Waals surface area contributed by atoms with Gasteiger partial charge in [0.05, 0.1) is 12.1 Å². The summed E-state index contributed by atoms with van der Waals surface area (Å²) in [5, 5.41) is 3.55. The van der Waals surface area contributed by atoms with Crippen LogP contribution in [0, 0.1) is 5.92 Å². The monoisotopic (exact) mass is 236 g/mol. The number of rotatable bonds is 7. The molecule has 1 aromatic carbocycles. The average Bonchev–Trinajstić information content (AvgIpc) is 2.35. The SMILES string of the molecule is COCC(CN)(NCc1ccccc1)C(C)C. The van der Waals surface area contributed by atoms with Crippen molar-refractivity contribution in [1.29, 1.82) is 0 Å². The Bertz CT molecular complexity index is 313. The van der Waals surface area contributed by atoms with Crippen LogP contribution in [0.5, 0.6) is 0 Å². The van der Waals surface area contributed by atoms with Crippen LogP contribution < -0.4 is 11.1 Å². The summed E-state index contributed by atoms with van der Waals surface area (Å²) < 4.78 is 5.31. The Hall–Kier alpha value is -0.900. The van der Waals surface area contributed by atoms with E-state index >= 15 is 0 Å². The molecule has 96 valence electrons. The third-order valence-corrected chi connectivity index (χ3v) is 3.36. The maximum Gasteiger partial charge on any atom is 0.0659 e. The minimum absolute atomic E-state index is 0.148. The Morgan fingerprint density at radius 1 is 1.29 bits per heavy atom. The Kier molecular flexibility index (Phi) is 5.62. The molecule has 0 saturated heterocycles. The van der Waals surface area contributed by atoms with Gasteiger partial charge in [-0.1, -0.05) is 44.2 Å². The predicted octanol–water partition coefficient (Wildman–Crippen LogP) is 1.78. The van der Waals surface area contributed by atoms with E-state index in [0.29, 0.717) is 19.1 Å². The second-order valence-electron chi connectivity index (χ2n) is 4.79. The number of benzene rings is 1. The first kappa shape index (κ1) is 14.2. The second-order valence-corrected chi connectivity index (χ2v) is 4.79. The van der Waals surface area contributed by atoms with E-state index < -0.39 is 0 Å². The summed E-state index contributed by atoms with van der Waals surface area (Å²) in [6.07, 6.45) is 0. The van der Waals surface area contributed by atoms with E-state index in [1.165, 1.54) is 5.56 Å². The topological polar surface area (TPSA) is 47.3 Å². The first-order valence-electron chi connectivity index (χ1n) is 6.12. The molecule has 17 heavy (non-hydrogen) atoms. The molecule has 1 unspecified atom stereocenters. The molecule has 0 amide bonds. The van der Waals surface area contributed by atoms with E-state index in [4.69, 9.17) is 10.5 Å². The van der Waals surface area contributed by atoms with Crippen molar-refractivity contribution >= 4 is 0 Å². The molecule has 0 saturated carbocycles. The lowest BCUT2D eigenvalue weighted by atomic mass is 9.87. The van der Waals surface area contributed by atoms with Crippen LogP contribution in [0.3, 0.4) is 0 Å². The van der Waals surface area contributed by atoms with Crippen molar-refractivity contribution in [3.63, 3.8) is 0 Å². The molecule has 0 spiro atoms. The van der Waals surface area contributed by atoms with Crippen LogP contribution >= 0.6 is 0 Å². The molecule has 0 aliphatic rings. The van der Waals surface area contributed by atoms with Crippen LogP contribution in [0.1, 0.15) is 19.4 Å². The standard InChI is InChI=1S/C14H24N2O/c1-12(2)14(10-15,11-17-3)16-9-13-7-5-4-6-8-13/h4-8,12,16H,9-11,15H2,1-3H3. The number of ether oxygens (including phenoxy) is 1. The quantitative estimate of drug-likeness (QED) is 0.758. The number of nitrogens with one attached hydrogen (secondary N) is 1. The maximum atomic E-state index is 5.92. The van der Waals surface area contributed by atoms with Crippen molar-refractivity contribution < 1.29 is 4.74 Å². The Balaban J connectivity index is 2.67. The summed E-state index contributed by atoms with van der Waals surface area (Å²) in [5.41, 5.74) is 7.03. The maximum absolute atomic E-state index is 5.92. The van der Waals surface area contributed by atoms with Crippen LogP contribution in [-0.2, 0) is 11.3 Å². The Labute approximate surface area is 104 Å². The molecule has 0 aromatic heterocycles. The highest BCUT2D eigenvalue weighted by atomic mass is 16.5. The number of methoxy groups -OCH3 is 1. The smallest absolute Gasteiger partial charge is 0.0659 e. The third-order valence-electron chi connectivity index (χ3n) is 3.36. The Morgan fingerprint density at radius 2 is 1.94 bits per heavy atom. The van der Waals surface area contributed by atoms with Crippen LogP contribution in [0.15, 0.2) is 30.3 Å². The summed E-state index contributed by atoms with van der Waals surface area (Å²) in [5.74, 6) is 0.427. The van der Waals surface area contributed by atoms with Gasteiger partial charge in [0.1, 0.15) is 0 Å². The van der Waals surface area contributed by atoms with Crippen molar-refractivity contribution in [3.05, 3.63) is 35.9 Å². The van der Waals surface area contributed by atoms with Crippen LogP contribution in [0.4, 0.5) is 0 Å². The van der Waals surface area contributed by atoms with E-state index in [9.17, 15) is 0 Å². The molecule has 3 heteroatoms. The van der Waals surface area contributed by atoms with Gasteiger partial charge >= 0.3 is 0 Å². The van der Waals surface area contributed by atoms with Gasteiger partial charge in [-0.2, -0.15) is 0 Å². The molecule has 1 atom stereocenters. The fraction of sp³-hybridized carbons (Fsp3) is 0.571. The molecule has 0 fully saturated rings. The van der Waals surface area contributed by atoms with Crippen LogP contribution in [-0.4, -0.2) is 25.8 Å². The highest BCUT2D eigenvalue weighted by Crippen LogP contribution is 2.17. The molecular weight excluding hydrogens is 212 g/mol. The number of nitrogens with two attached hydrogens (primary N) is 1. The molecule has 3 nitrogen and oxygen atoms in total. The number of hydrogen-bond acceptors (Lipinski definition) is 3. The molecule has 0 aliphatic carbocycles. The molecule has 1 rings (SSSR count). The van der Waals surface area contributed by atoms with E-state index in [2.05, 4.69) is 31.3 Å². The molecule has 1 aromatic rings. The van der Waals surface area contributed by atoms with Crippen molar-refractivity contribution in [3.8, 4) is 0 Å². The van der Waals surface area contributed by atoms with Gasteiger partial charge in [0.2, 0.25) is 0 Å². The predicted molar refractivity (Wildman–Crippen MR) is 71.8 cm³/mol. The van der Waals surface area contributed by atoms with Gasteiger partial charge in [-0.25, -0.2) is 0 Å². The van der Waals surface area contributed by atoms with E-state index in [-0.39, 0.29) is 5.54 Å². The zero-order valence-corrected chi connectivity index (χ0v) is 11.1. The normalized spacial score (nSPS) is 14.9. The fourth-order valence-electron chi connectivity index (χ4n) is 1.92. The van der Waals surface area contributed by atoms with E-state index in [1.807, 2.05) is 18.2 Å². The van der Waals surface area contributed by atoms with Crippen LogP contribution in [0.2, 0.25) is 0 Å². The highest BCUT2D eigenvalue weighted by molar-refractivity contribution is 5.15. The van der Waals surface area contributed by atoms with Gasteiger partial charge in [0.15, 0.2) is 0 Å². The van der Waals surface area contributed by atoms with Crippen molar-refractivity contribution in [1.82, 2.24) is 5.32 Å². The zero-order chi connectivity index (χ0) is 12.7. The molecule has 3 N–H and O–H groups in total. The third kappa shape index (κ3) is 3.80. The van der Waals surface area contributed by atoms with Crippen LogP contribution in [0.25, 0.3) is 0 Å². The lowest BCUT2D eigenvalue weighted by Gasteiger charge is -2.37. The lowest BCUT2D eigenvalue weighted by molar-refractivity contribution is 0.0818. The molecule has 0 aliphatic heterocycles. The summed E-state index contributed by atoms with van der Waals surface area (Å²) in [7, 11) is 1.72. The van der Waals surface area contributed by atoms with Gasteiger partial charge < -0.3 is 15.8 Å². The van der Waals surface area contributed by atoms with Gasteiger partial charge in [0, 0.05) is 20.2 Å². The minimum atomic E-state index is -0.148. The lowest BCUT2D eigenvalue weighted by Crippen LogP contribution is -2.58. The highest BCUT2D eigenvalue weighted by Gasteiger charge is 2.31.